The number of amides is 1. The van der Waals surface area contributed by atoms with Crippen molar-refractivity contribution in [2.24, 2.45) is 0 Å². The highest BCUT2D eigenvalue weighted by Crippen LogP contribution is 2.16. The molecule has 2 atom stereocenters. The van der Waals surface area contributed by atoms with Crippen LogP contribution in [-0.2, 0) is 14.3 Å². The lowest BCUT2D eigenvalue weighted by Crippen LogP contribution is -2.45. The van der Waals surface area contributed by atoms with Crippen molar-refractivity contribution >= 4 is 11.9 Å². The summed E-state index contributed by atoms with van der Waals surface area (Å²) in [6, 6.07) is -0.559. The van der Waals surface area contributed by atoms with Crippen molar-refractivity contribution in [1.82, 2.24) is 5.32 Å². The first-order valence-corrected chi connectivity index (χ1v) is 23.9. The summed E-state index contributed by atoms with van der Waals surface area (Å²) >= 11 is 0. The topological polar surface area (TPSA) is 95.9 Å². The monoisotopic (exact) mass is 764 g/mol. The second-order valence-corrected chi connectivity index (χ2v) is 16.4. The van der Waals surface area contributed by atoms with E-state index >= 15 is 0 Å². The second kappa shape index (κ2) is 44.3. The number of ether oxygens (including phenoxy) is 1. The van der Waals surface area contributed by atoms with Crippen LogP contribution in [0.4, 0.5) is 0 Å². The molecule has 6 nitrogen and oxygen atoms in total. The van der Waals surface area contributed by atoms with Crippen LogP contribution in [0, 0.1) is 0 Å². The Hall–Kier alpha value is -1.40. The fraction of sp³-hybridized carbons (Fsp3) is 0.917. The fourth-order valence-electron chi connectivity index (χ4n) is 7.34. The predicted molar refractivity (Wildman–Crippen MR) is 232 cm³/mol. The number of rotatable bonds is 44. The summed E-state index contributed by atoms with van der Waals surface area (Å²) in [6.07, 6.45) is 48.8. The highest BCUT2D eigenvalue weighted by molar-refractivity contribution is 5.76. The SMILES string of the molecule is CCCCCCCCCCCCCCC(=O)OCCCCCCCC/C=C\CCCCCC(=O)NC(CO)C(O)CCCCCCCCCCCCCC. The average molecular weight is 764 g/mol. The van der Waals surface area contributed by atoms with Gasteiger partial charge in [0.2, 0.25) is 5.91 Å². The maximum Gasteiger partial charge on any atom is 0.305 e. The summed E-state index contributed by atoms with van der Waals surface area (Å²) in [7, 11) is 0. The van der Waals surface area contributed by atoms with Crippen LogP contribution in [0.2, 0.25) is 0 Å². The summed E-state index contributed by atoms with van der Waals surface area (Å²) < 4.78 is 5.44. The number of aliphatic hydroxyl groups excluding tert-OH is 2. The van der Waals surface area contributed by atoms with Crippen LogP contribution in [0.3, 0.4) is 0 Å². The molecule has 54 heavy (non-hydrogen) atoms. The zero-order valence-corrected chi connectivity index (χ0v) is 36.2. The van der Waals surface area contributed by atoms with E-state index in [0.717, 1.165) is 70.6 Å². The van der Waals surface area contributed by atoms with Gasteiger partial charge in [-0.15, -0.1) is 0 Å². The van der Waals surface area contributed by atoms with E-state index < -0.39 is 12.1 Å². The third kappa shape index (κ3) is 40.3. The van der Waals surface area contributed by atoms with Crippen LogP contribution in [0.25, 0.3) is 0 Å². The van der Waals surface area contributed by atoms with Gasteiger partial charge in [-0.3, -0.25) is 9.59 Å². The summed E-state index contributed by atoms with van der Waals surface area (Å²) in [5, 5.41) is 23.1. The van der Waals surface area contributed by atoms with Crippen LogP contribution < -0.4 is 5.32 Å². The van der Waals surface area contributed by atoms with Crippen molar-refractivity contribution in [3.63, 3.8) is 0 Å². The number of unbranched alkanes of at least 4 members (excludes halogenated alkanes) is 31. The molecule has 0 aromatic rings. The number of hydrogen-bond acceptors (Lipinski definition) is 5. The first-order valence-electron chi connectivity index (χ1n) is 23.9. The highest BCUT2D eigenvalue weighted by atomic mass is 16.5. The summed E-state index contributed by atoms with van der Waals surface area (Å²) in [4.78, 5) is 24.4. The van der Waals surface area contributed by atoms with E-state index in [1.165, 1.54) is 154 Å². The highest BCUT2D eigenvalue weighted by Gasteiger charge is 2.20. The standard InChI is InChI=1S/C48H93NO5/c1-3-5-7-9-11-13-15-20-24-28-32-36-40-46(51)45(44-50)49-47(52)41-37-33-29-25-21-18-17-19-23-27-31-35-39-43-54-48(53)42-38-34-30-26-22-16-14-12-10-8-6-4-2/h18,21,45-46,50-51H,3-17,19-20,22-44H2,1-2H3,(H,49,52)/b21-18-. The van der Waals surface area contributed by atoms with Crippen molar-refractivity contribution in [3.05, 3.63) is 12.2 Å². The lowest BCUT2D eigenvalue weighted by molar-refractivity contribution is -0.143. The number of allylic oxidation sites excluding steroid dienone is 2. The molecule has 2 unspecified atom stereocenters. The number of carbonyl (C=O) groups excluding carboxylic acids is 2. The molecule has 6 heteroatoms. The Kier molecular flexibility index (Phi) is 43.2. The van der Waals surface area contributed by atoms with E-state index in [-0.39, 0.29) is 18.5 Å². The van der Waals surface area contributed by atoms with Gasteiger partial charge in [-0.05, 0) is 51.4 Å². The lowest BCUT2D eigenvalue weighted by Gasteiger charge is -2.22. The van der Waals surface area contributed by atoms with Gasteiger partial charge in [0.1, 0.15) is 0 Å². The second-order valence-electron chi connectivity index (χ2n) is 16.4. The predicted octanol–water partition coefficient (Wildman–Crippen LogP) is 13.8. The van der Waals surface area contributed by atoms with Crippen molar-refractivity contribution in [1.29, 1.82) is 0 Å². The van der Waals surface area contributed by atoms with Crippen LogP contribution >= 0.6 is 0 Å². The van der Waals surface area contributed by atoms with E-state index in [4.69, 9.17) is 4.74 Å². The minimum Gasteiger partial charge on any atom is -0.466 e. The zero-order chi connectivity index (χ0) is 39.4. The molecule has 0 heterocycles. The van der Waals surface area contributed by atoms with Gasteiger partial charge in [0, 0.05) is 12.8 Å². The molecule has 320 valence electrons. The molecule has 0 aliphatic carbocycles. The molecule has 0 aromatic heterocycles. The molecule has 0 radical (unpaired) electrons. The Labute approximate surface area is 336 Å². The van der Waals surface area contributed by atoms with Gasteiger partial charge >= 0.3 is 5.97 Å². The minimum atomic E-state index is -0.678. The molecule has 3 N–H and O–H groups in total. The molecule has 0 spiro atoms. The minimum absolute atomic E-state index is 0.0122. The smallest absolute Gasteiger partial charge is 0.305 e. The number of hydrogen-bond donors (Lipinski definition) is 3. The Balaban J connectivity index is 3.50. The van der Waals surface area contributed by atoms with E-state index in [1.54, 1.807) is 0 Å². The summed E-state index contributed by atoms with van der Waals surface area (Å²) in [5.74, 6) is -0.0776. The van der Waals surface area contributed by atoms with E-state index in [2.05, 4.69) is 31.3 Å². The van der Waals surface area contributed by atoms with E-state index in [0.29, 0.717) is 25.9 Å². The van der Waals surface area contributed by atoms with Gasteiger partial charge in [-0.1, -0.05) is 206 Å². The Morgan fingerprint density at radius 3 is 1.33 bits per heavy atom. The van der Waals surface area contributed by atoms with Gasteiger partial charge < -0.3 is 20.3 Å². The number of nitrogens with one attached hydrogen (secondary N) is 1. The molecule has 0 saturated carbocycles. The lowest BCUT2D eigenvalue weighted by atomic mass is 10.0. The molecule has 0 aromatic carbocycles. The van der Waals surface area contributed by atoms with Crippen molar-refractivity contribution in [2.45, 2.75) is 270 Å². The van der Waals surface area contributed by atoms with Gasteiger partial charge in [0.05, 0.1) is 25.4 Å². The van der Waals surface area contributed by atoms with Crippen LogP contribution in [0.5, 0.6) is 0 Å². The maximum atomic E-state index is 12.4. The quantitative estimate of drug-likeness (QED) is 0.0326. The number of esters is 1. The molecule has 0 aliphatic heterocycles. The van der Waals surface area contributed by atoms with Crippen LogP contribution in [-0.4, -0.2) is 47.4 Å². The molecule has 0 rings (SSSR count). The van der Waals surface area contributed by atoms with Crippen molar-refractivity contribution < 1.29 is 24.5 Å². The average Bonchev–Trinajstić information content (AvgIpc) is 3.17. The number of carbonyl (C=O) groups is 2. The third-order valence-electron chi connectivity index (χ3n) is 11.1. The van der Waals surface area contributed by atoms with Crippen LogP contribution in [0.1, 0.15) is 258 Å². The van der Waals surface area contributed by atoms with Gasteiger partial charge in [-0.2, -0.15) is 0 Å². The Bertz CT molecular complexity index is 802. The molecular weight excluding hydrogens is 671 g/mol. The van der Waals surface area contributed by atoms with Gasteiger partial charge in [0.25, 0.3) is 0 Å². The molecule has 0 saturated heterocycles. The van der Waals surface area contributed by atoms with Crippen molar-refractivity contribution in [2.75, 3.05) is 13.2 Å². The Morgan fingerprint density at radius 1 is 0.500 bits per heavy atom. The molecule has 0 aliphatic rings. The van der Waals surface area contributed by atoms with Gasteiger partial charge in [-0.25, -0.2) is 0 Å². The molecule has 0 fully saturated rings. The first kappa shape index (κ1) is 52.6. The summed E-state index contributed by atoms with van der Waals surface area (Å²) in [5.41, 5.74) is 0. The zero-order valence-electron chi connectivity index (χ0n) is 36.2. The van der Waals surface area contributed by atoms with E-state index in [1.807, 2.05) is 0 Å². The molecule has 1 amide bonds. The van der Waals surface area contributed by atoms with Gasteiger partial charge in [0.15, 0.2) is 0 Å². The van der Waals surface area contributed by atoms with Crippen molar-refractivity contribution in [3.8, 4) is 0 Å². The molecule has 0 bridgehead atoms. The summed E-state index contributed by atoms with van der Waals surface area (Å²) in [6.45, 7) is 4.90. The third-order valence-corrected chi connectivity index (χ3v) is 11.1. The molecular formula is C48H93NO5. The van der Waals surface area contributed by atoms with E-state index in [9.17, 15) is 19.8 Å². The number of aliphatic hydroxyl groups is 2. The normalized spacial score (nSPS) is 12.7. The first-order chi connectivity index (χ1) is 26.5. The largest absolute Gasteiger partial charge is 0.466 e. The fourth-order valence-corrected chi connectivity index (χ4v) is 7.34. The van der Waals surface area contributed by atoms with Crippen LogP contribution in [0.15, 0.2) is 12.2 Å². The maximum absolute atomic E-state index is 12.4. The Morgan fingerprint density at radius 2 is 0.870 bits per heavy atom.